The van der Waals surface area contributed by atoms with Gasteiger partial charge in [-0.15, -0.1) is 0 Å². The van der Waals surface area contributed by atoms with E-state index < -0.39 is 35.7 Å². The van der Waals surface area contributed by atoms with Crippen molar-refractivity contribution in [2.24, 2.45) is 0 Å². The molecule has 1 fully saturated rings. The number of likely N-dealkylation sites (tertiary alicyclic amines) is 1. The molecule has 0 spiro atoms. The molecule has 0 atom stereocenters. The zero-order valence-corrected chi connectivity index (χ0v) is 11.9. The van der Waals surface area contributed by atoms with Crippen molar-refractivity contribution >= 4 is 17.6 Å². The molecule has 23 heavy (non-hydrogen) atoms. The molecule has 0 radical (unpaired) electrons. The summed E-state index contributed by atoms with van der Waals surface area (Å²) in [5.41, 5.74) is -0.503. The monoisotopic (exact) mass is 335 g/mol. The molecule has 0 saturated carbocycles. The van der Waals surface area contributed by atoms with Crippen molar-refractivity contribution in [3.05, 3.63) is 23.8 Å². The third-order valence-corrected chi connectivity index (χ3v) is 3.06. The van der Waals surface area contributed by atoms with Gasteiger partial charge in [-0.05, 0) is 0 Å². The fraction of sp³-hybridized carbons (Fsp3) is 0.385. The van der Waals surface area contributed by atoms with Gasteiger partial charge in [0.25, 0.3) is 0 Å². The van der Waals surface area contributed by atoms with Crippen LogP contribution in [0.5, 0.6) is 5.75 Å². The Morgan fingerprint density at radius 3 is 2.48 bits per heavy atom. The quantitative estimate of drug-likeness (QED) is 0.826. The maximum absolute atomic E-state index is 13.7. The third kappa shape index (κ3) is 4.24. The number of anilines is 1. The van der Waals surface area contributed by atoms with Gasteiger partial charge >= 0.3 is 12.6 Å². The molecule has 2 N–H and O–H groups in total. The minimum absolute atomic E-state index is 0.193. The summed E-state index contributed by atoms with van der Waals surface area (Å²) in [6, 6.07) is 0.0812. The molecule has 1 aliphatic heterocycles. The van der Waals surface area contributed by atoms with E-state index in [1.165, 1.54) is 11.8 Å². The molecule has 10 heteroatoms. The van der Waals surface area contributed by atoms with E-state index in [1.807, 2.05) is 0 Å². The summed E-state index contributed by atoms with van der Waals surface area (Å²) in [6.07, 6.45) is 0. The number of carbonyl (C=O) groups is 2. The zero-order valence-electron chi connectivity index (χ0n) is 11.9. The number of hydrogen-bond acceptors (Lipinski definition) is 3. The second-order valence-electron chi connectivity index (χ2n) is 4.87. The predicted molar refractivity (Wildman–Crippen MR) is 71.2 cm³/mol. The van der Waals surface area contributed by atoms with Crippen LogP contribution in [0.3, 0.4) is 0 Å². The van der Waals surface area contributed by atoms with E-state index in [0.29, 0.717) is 12.1 Å². The van der Waals surface area contributed by atoms with Crippen LogP contribution in [-0.2, 0) is 4.79 Å². The van der Waals surface area contributed by atoms with Crippen molar-refractivity contribution in [2.75, 3.05) is 18.4 Å². The van der Waals surface area contributed by atoms with Gasteiger partial charge in [-0.1, -0.05) is 0 Å². The molecule has 0 aliphatic carbocycles. The smallest absolute Gasteiger partial charge is 0.387 e. The number of alkyl halides is 2. The van der Waals surface area contributed by atoms with E-state index in [2.05, 4.69) is 15.4 Å². The Morgan fingerprint density at radius 2 is 1.91 bits per heavy atom. The van der Waals surface area contributed by atoms with Gasteiger partial charge in [-0.25, -0.2) is 13.6 Å². The lowest BCUT2D eigenvalue weighted by Crippen LogP contribution is -2.61. The number of nitrogens with zero attached hydrogens (tertiary/aromatic N) is 1. The molecule has 1 aromatic rings. The Kier molecular flexibility index (Phi) is 4.92. The Morgan fingerprint density at radius 1 is 1.26 bits per heavy atom. The minimum atomic E-state index is -3.30. The molecule has 0 unspecified atom stereocenters. The van der Waals surface area contributed by atoms with Crippen LogP contribution in [0.2, 0.25) is 0 Å². The molecule has 0 bridgehead atoms. The van der Waals surface area contributed by atoms with Gasteiger partial charge < -0.3 is 20.3 Å². The van der Waals surface area contributed by atoms with Crippen LogP contribution in [0.15, 0.2) is 12.1 Å². The maximum Gasteiger partial charge on any atom is 0.387 e. The standard InChI is InChI=1S/C13H13F4N3O3/c1-6(21)18-7-4-20(5-7)13(22)19-10-2-9(15)11(3-8(10)14)23-12(16)17/h2-3,7,12H,4-5H2,1H3,(H,18,21)(H,19,22). The van der Waals surface area contributed by atoms with Crippen molar-refractivity contribution < 1.29 is 31.9 Å². The van der Waals surface area contributed by atoms with Gasteiger partial charge in [0.15, 0.2) is 17.4 Å². The lowest BCUT2D eigenvalue weighted by molar-refractivity contribution is -0.120. The van der Waals surface area contributed by atoms with E-state index >= 15 is 0 Å². The molecule has 1 aliphatic rings. The number of benzene rings is 1. The van der Waals surface area contributed by atoms with Crippen molar-refractivity contribution in [2.45, 2.75) is 19.6 Å². The first-order chi connectivity index (χ1) is 10.8. The number of hydrogen-bond donors (Lipinski definition) is 2. The molecule has 1 aromatic carbocycles. The Labute approximate surface area is 128 Å². The molecule has 1 saturated heterocycles. The summed E-state index contributed by atoms with van der Waals surface area (Å²) in [6.45, 7) is -1.51. The van der Waals surface area contributed by atoms with Crippen LogP contribution in [0, 0.1) is 11.6 Å². The lowest BCUT2D eigenvalue weighted by Gasteiger charge is -2.39. The molecule has 2 rings (SSSR count). The lowest BCUT2D eigenvalue weighted by atomic mass is 10.1. The van der Waals surface area contributed by atoms with Crippen molar-refractivity contribution in [1.29, 1.82) is 0 Å². The molecule has 6 nitrogen and oxygen atoms in total. The highest BCUT2D eigenvalue weighted by atomic mass is 19.3. The summed E-state index contributed by atoms with van der Waals surface area (Å²) < 4.78 is 55.0. The fourth-order valence-corrected chi connectivity index (χ4v) is 2.03. The van der Waals surface area contributed by atoms with Crippen LogP contribution in [0.4, 0.5) is 28.0 Å². The first kappa shape index (κ1) is 16.8. The first-order valence-electron chi connectivity index (χ1n) is 6.53. The zero-order chi connectivity index (χ0) is 17.1. The maximum atomic E-state index is 13.7. The van der Waals surface area contributed by atoms with E-state index in [-0.39, 0.29) is 25.0 Å². The summed E-state index contributed by atoms with van der Waals surface area (Å²) in [5, 5.41) is 4.72. The average Bonchev–Trinajstić information content (AvgIpc) is 2.38. The highest BCUT2D eigenvalue weighted by Gasteiger charge is 2.31. The molecule has 3 amide bonds. The summed E-state index contributed by atoms with van der Waals surface area (Å²) in [4.78, 5) is 23.9. The number of amides is 3. The summed E-state index contributed by atoms with van der Waals surface area (Å²) in [5.74, 6) is -3.54. The Bertz CT molecular complexity index is 621. The van der Waals surface area contributed by atoms with E-state index in [0.717, 1.165) is 0 Å². The average molecular weight is 335 g/mol. The van der Waals surface area contributed by atoms with Crippen LogP contribution in [-0.4, -0.2) is 42.6 Å². The number of nitrogens with one attached hydrogen (secondary N) is 2. The third-order valence-electron chi connectivity index (χ3n) is 3.06. The Balaban J connectivity index is 1.97. The molecule has 126 valence electrons. The number of rotatable bonds is 4. The van der Waals surface area contributed by atoms with Gasteiger partial charge in [0, 0.05) is 32.1 Å². The van der Waals surface area contributed by atoms with Crippen molar-refractivity contribution in [3.8, 4) is 5.75 Å². The molecular formula is C13H13F4N3O3. The molecule has 0 aromatic heterocycles. The van der Waals surface area contributed by atoms with Crippen LogP contribution >= 0.6 is 0 Å². The van der Waals surface area contributed by atoms with Gasteiger partial charge in [0.1, 0.15) is 0 Å². The van der Waals surface area contributed by atoms with E-state index in [1.54, 1.807) is 0 Å². The highest BCUT2D eigenvalue weighted by Crippen LogP contribution is 2.26. The second-order valence-corrected chi connectivity index (χ2v) is 4.87. The van der Waals surface area contributed by atoms with E-state index in [4.69, 9.17) is 0 Å². The van der Waals surface area contributed by atoms with Gasteiger partial charge in [-0.2, -0.15) is 8.78 Å². The fourth-order valence-electron chi connectivity index (χ4n) is 2.03. The topological polar surface area (TPSA) is 70.7 Å². The molecule has 1 heterocycles. The summed E-state index contributed by atoms with van der Waals surface area (Å²) >= 11 is 0. The largest absolute Gasteiger partial charge is 0.432 e. The minimum Gasteiger partial charge on any atom is -0.432 e. The SMILES string of the molecule is CC(=O)NC1CN(C(=O)Nc2cc(F)c(OC(F)F)cc2F)C1. The number of carbonyl (C=O) groups excluding carboxylic acids is 2. The van der Waals surface area contributed by atoms with Gasteiger partial charge in [-0.3, -0.25) is 4.79 Å². The van der Waals surface area contributed by atoms with Crippen molar-refractivity contribution in [1.82, 2.24) is 10.2 Å². The van der Waals surface area contributed by atoms with Crippen LogP contribution < -0.4 is 15.4 Å². The van der Waals surface area contributed by atoms with Crippen LogP contribution in [0.1, 0.15) is 6.92 Å². The van der Waals surface area contributed by atoms with E-state index in [9.17, 15) is 27.2 Å². The second kappa shape index (κ2) is 6.71. The van der Waals surface area contributed by atoms with Crippen LogP contribution in [0.25, 0.3) is 0 Å². The first-order valence-corrected chi connectivity index (χ1v) is 6.53. The predicted octanol–water partition coefficient (Wildman–Crippen LogP) is 1.92. The highest BCUT2D eigenvalue weighted by molar-refractivity contribution is 5.90. The van der Waals surface area contributed by atoms with Crippen molar-refractivity contribution in [3.63, 3.8) is 0 Å². The van der Waals surface area contributed by atoms with Gasteiger partial charge in [0.05, 0.1) is 11.7 Å². The normalized spacial score (nSPS) is 14.4. The number of ether oxygens (including phenoxy) is 1. The molecular weight excluding hydrogens is 322 g/mol. The summed E-state index contributed by atoms with van der Waals surface area (Å²) in [7, 11) is 0. The number of urea groups is 1. The Hall–Kier alpha value is -2.52. The number of halogens is 4. The van der Waals surface area contributed by atoms with Gasteiger partial charge in [0.2, 0.25) is 5.91 Å².